The van der Waals surface area contributed by atoms with Crippen molar-refractivity contribution in [2.75, 3.05) is 27.1 Å². The van der Waals surface area contributed by atoms with Crippen molar-refractivity contribution in [3.63, 3.8) is 0 Å². The highest BCUT2D eigenvalue weighted by Crippen LogP contribution is 2.37. The second kappa shape index (κ2) is 9.35. The summed E-state index contributed by atoms with van der Waals surface area (Å²) in [4.78, 5) is 0. The topological polar surface area (TPSA) is 27.7 Å². The molecule has 1 aliphatic carbocycles. The van der Waals surface area contributed by atoms with Crippen LogP contribution >= 0.6 is 11.8 Å². The first-order chi connectivity index (χ1) is 9.98. The van der Waals surface area contributed by atoms with E-state index in [1.165, 1.54) is 12.8 Å². The molecule has 3 nitrogen and oxygen atoms in total. The fourth-order valence-electron chi connectivity index (χ4n) is 2.99. The Labute approximate surface area is 136 Å². The summed E-state index contributed by atoms with van der Waals surface area (Å²) in [6, 6.07) is 0.894. The number of rotatable bonds is 9. The SMILES string of the molecule is CO[Si](CCCSC1C=C(C)CCC1C(C)C)(OC)OC. The Morgan fingerprint density at radius 3 is 2.38 bits per heavy atom. The maximum absolute atomic E-state index is 5.48. The van der Waals surface area contributed by atoms with E-state index in [0.717, 1.165) is 30.1 Å². The van der Waals surface area contributed by atoms with Gasteiger partial charge in [-0.3, -0.25) is 0 Å². The van der Waals surface area contributed by atoms with Crippen LogP contribution in [0.4, 0.5) is 0 Å². The summed E-state index contributed by atoms with van der Waals surface area (Å²) in [5.74, 6) is 2.72. The first kappa shape index (κ1) is 19.2. The van der Waals surface area contributed by atoms with Gasteiger partial charge in [0.05, 0.1) is 0 Å². The molecule has 2 atom stereocenters. The summed E-state index contributed by atoms with van der Waals surface area (Å²) < 4.78 is 16.4. The van der Waals surface area contributed by atoms with Crippen molar-refractivity contribution in [3.05, 3.63) is 11.6 Å². The zero-order valence-corrected chi connectivity index (χ0v) is 16.3. The standard InChI is InChI=1S/C16H32O3SSi/c1-13(2)15-9-8-14(3)12-16(15)20-10-7-11-21(17-4,18-5)19-6/h12-13,15-16H,7-11H2,1-6H3. The largest absolute Gasteiger partial charge is 0.500 e. The van der Waals surface area contributed by atoms with Crippen molar-refractivity contribution in [3.8, 4) is 0 Å². The van der Waals surface area contributed by atoms with E-state index in [4.69, 9.17) is 13.3 Å². The van der Waals surface area contributed by atoms with Gasteiger partial charge in [0.25, 0.3) is 0 Å². The molecular formula is C16H32O3SSi. The van der Waals surface area contributed by atoms with Gasteiger partial charge in [0, 0.05) is 32.6 Å². The van der Waals surface area contributed by atoms with Crippen LogP contribution in [0.2, 0.25) is 6.04 Å². The van der Waals surface area contributed by atoms with Gasteiger partial charge < -0.3 is 13.3 Å². The summed E-state index contributed by atoms with van der Waals surface area (Å²) >= 11 is 2.09. The fraction of sp³-hybridized carbons (Fsp3) is 0.875. The van der Waals surface area contributed by atoms with Crippen molar-refractivity contribution < 1.29 is 13.3 Å². The minimum absolute atomic E-state index is 0.669. The predicted molar refractivity (Wildman–Crippen MR) is 93.8 cm³/mol. The van der Waals surface area contributed by atoms with Crippen molar-refractivity contribution in [2.24, 2.45) is 11.8 Å². The van der Waals surface area contributed by atoms with E-state index in [-0.39, 0.29) is 0 Å². The third-order valence-electron chi connectivity index (χ3n) is 4.47. The molecule has 0 radical (unpaired) electrons. The maximum Gasteiger partial charge on any atom is 0.500 e. The number of hydrogen-bond donors (Lipinski definition) is 0. The smallest absolute Gasteiger partial charge is 0.377 e. The van der Waals surface area contributed by atoms with Gasteiger partial charge in [-0.25, -0.2) is 0 Å². The van der Waals surface area contributed by atoms with Crippen LogP contribution in [-0.2, 0) is 13.3 Å². The highest BCUT2D eigenvalue weighted by atomic mass is 32.2. The van der Waals surface area contributed by atoms with Crippen LogP contribution in [0.1, 0.15) is 40.0 Å². The molecule has 0 aliphatic heterocycles. The van der Waals surface area contributed by atoms with Crippen LogP contribution < -0.4 is 0 Å². The lowest BCUT2D eigenvalue weighted by Gasteiger charge is -2.32. The molecule has 0 N–H and O–H groups in total. The molecule has 2 unspecified atom stereocenters. The summed E-state index contributed by atoms with van der Waals surface area (Å²) in [5.41, 5.74) is 1.55. The Balaban J connectivity index is 2.44. The normalized spacial score (nSPS) is 23.5. The van der Waals surface area contributed by atoms with Crippen LogP contribution in [0, 0.1) is 11.8 Å². The molecule has 0 heterocycles. The maximum atomic E-state index is 5.48. The Morgan fingerprint density at radius 1 is 1.24 bits per heavy atom. The van der Waals surface area contributed by atoms with E-state index in [0.29, 0.717) is 5.25 Å². The molecule has 21 heavy (non-hydrogen) atoms. The molecule has 0 aromatic heterocycles. The predicted octanol–water partition coefficient (Wildman–Crippen LogP) is 4.37. The first-order valence-corrected chi connectivity index (χ1v) is 10.9. The third kappa shape index (κ3) is 5.71. The van der Waals surface area contributed by atoms with Gasteiger partial charge in [-0.1, -0.05) is 25.5 Å². The molecule has 1 rings (SSSR count). The molecular weight excluding hydrogens is 300 g/mol. The molecule has 0 bridgehead atoms. The first-order valence-electron chi connectivity index (χ1n) is 7.92. The average Bonchev–Trinajstić information content (AvgIpc) is 2.48. The van der Waals surface area contributed by atoms with E-state index in [1.54, 1.807) is 26.9 Å². The summed E-state index contributed by atoms with van der Waals surface area (Å²) in [5, 5.41) is 0.669. The van der Waals surface area contributed by atoms with Gasteiger partial charge in [-0.05, 0) is 43.8 Å². The van der Waals surface area contributed by atoms with E-state index in [2.05, 4.69) is 38.6 Å². The quantitative estimate of drug-likeness (QED) is 0.356. The Bertz CT molecular complexity index is 321. The van der Waals surface area contributed by atoms with Crippen molar-refractivity contribution >= 4 is 20.6 Å². The van der Waals surface area contributed by atoms with E-state index in [9.17, 15) is 0 Å². The Kier molecular flexibility index (Phi) is 8.57. The molecule has 5 heteroatoms. The average molecular weight is 333 g/mol. The third-order valence-corrected chi connectivity index (χ3v) is 8.70. The van der Waals surface area contributed by atoms with Crippen LogP contribution in [-0.4, -0.2) is 41.1 Å². The molecule has 124 valence electrons. The highest BCUT2D eigenvalue weighted by molar-refractivity contribution is 8.00. The lowest BCUT2D eigenvalue weighted by atomic mass is 9.82. The zero-order chi connectivity index (χ0) is 15.9. The molecule has 0 fully saturated rings. The van der Waals surface area contributed by atoms with Crippen molar-refractivity contribution in [2.45, 2.75) is 51.3 Å². The molecule has 1 aliphatic rings. The van der Waals surface area contributed by atoms with Crippen LogP contribution in [0.3, 0.4) is 0 Å². The van der Waals surface area contributed by atoms with Gasteiger partial charge in [-0.15, -0.1) is 0 Å². The second-order valence-corrected chi connectivity index (χ2v) is 10.6. The number of hydrogen-bond acceptors (Lipinski definition) is 4. The fourth-order valence-corrected chi connectivity index (χ4v) is 6.58. The lowest BCUT2D eigenvalue weighted by molar-refractivity contribution is 0.123. The Hall–Kier alpha value is 0.187. The van der Waals surface area contributed by atoms with Crippen LogP contribution in [0.15, 0.2) is 11.6 Å². The van der Waals surface area contributed by atoms with Gasteiger partial charge >= 0.3 is 8.80 Å². The zero-order valence-electron chi connectivity index (χ0n) is 14.5. The molecule has 0 saturated heterocycles. The minimum Gasteiger partial charge on any atom is -0.377 e. The van der Waals surface area contributed by atoms with Crippen molar-refractivity contribution in [1.29, 1.82) is 0 Å². The summed E-state index contributed by atoms with van der Waals surface area (Å²) in [6.07, 6.45) is 6.19. The van der Waals surface area contributed by atoms with E-state index < -0.39 is 8.80 Å². The van der Waals surface area contributed by atoms with E-state index >= 15 is 0 Å². The van der Waals surface area contributed by atoms with Crippen molar-refractivity contribution in [1.82, 2.24) is 0 Å². The summed E-state index contributed by atoms with van der Waals surface area (Å²) in [7, 11) is 2.68. The highest BCUT2D eigenvalue weighted by Gasteiger charge is 2.37. The molecule has 0 amide bonds. The second-order valence-electron chi connectivity index (χ2n) is 6.19. The lowest BCUT2D eigenvalue weighted by Crippen LogP contribution is -2.42. The van der Waals surface area contributed by atoms with Gasteiger partial charge in [0.1, 0.15) is 0 Å². The molecule has 0 aromatic carbocycles. The van der Waals surface area contributed by atoms with Gasteiger partial charge in [0.2, 0.25) is 0 Å². The van der Waals surface area contributed by atoms with E-state index in [1.807, 2.05) is 0 Å². The van der Waals surface area contributed by atoms with Crippen LogP contribution in [0.25, 0.3) is 0 Å². The molecule has 0 saturated carbocycles. The van der Waals surface area contributed by atoms with Crippen LogP contribution in [0.5, 0.6) is 0 Å². The molecule has 0 spiro atoms. The molecule has 0 aromatic rings. The minimum atomic E-state index is -2.39. The number of thioether (sulfide) groups is 1. The van der Waals surface area contributed by atoms with Gasteiger partial charge in [0.15, 0.2) is 0 Å². The Morgan fingerprint density at radius 2 is 1.86 bits per heavy atom. The summed E-state index contributed by atoms with van der Waals surface area (Å²) in [6.45, 7) is 6.97. The monoisotopic (exact) mass is 332 g/mol. The number of allylic oxidation sites excluding steroid dienone is 1. The van der Waals surface area contributed by atoms with Gasteiger partial charge in [-0.2, -0.15) is 11.8 Å².